The molecule has 0 unspecified atom stereocenters. The average Bonchev–Trinajstić information content (AvgIpc) is 2.19. The minimum Gasteiger partial charge on any atom is -0.341 e. The van der Waals surface area contributed by atoms with E-state index < -0.39 is 0 Å². The van der Waals surface area contributed by atoms with E-state index in [1.165, 1.54) is 0 Å². The van der Waals surface area contributed by atoms with Gasteiger partial charge >= 0.3 is 0 Å². The van der Waals surface area contributed by atoms with Gasteiger partial charge in [0.25, 0.3) is 0 Å². The van der Waals surface area contributed by atoms with Crippen molar-refractivity contribution in [3.63, 3.8) is 0 Å². The van der Waals surface area contributed by atoms with Gasteiger partial charge in [-0.2, -0.15) is 0 Å². The van der Waals surface area contributed by atoms with Crippen molar-refractivity contribution >= 4 is 5.95 Å². The van der Waals surface area contributed by atoms with Crippen LogP contribution in [0.1, 0.15) is 6.92 Å². The third-order valence-corrected chi connectivity index (χ3v) is 2.31. The second kappa shape index (κ2) is 3.70. The van der Waals surface area contributed by atoms with E-state index in [4.69, 9.17) is 0 Å². The van der Waals surface area contributed by atoms with Crippen molar-refractivity contribution in [2.24, 2.45) is 0 Å². The molecule has 2 rings (SSSR count). The number of aromatic nitrogens is 2. The second-order valence-electron chi connectivity index (χ2n) is 3.50. The van der Waals surface area contributed by atoms with Crippen LogP contribution >= 0.6 is 0 Å². The summed E-state index contributed by atoms with van der Waals surface area (Å²) in [5.41, 5.74) is 0. The van der Waals surface area contributed by atoms with E-state index in [1.807, 2.05) is 6.07 Å². The summed E-state index contributed by atoms with van der Waals surface area (Å²) in [6, 6.07) is 2.50. The standard InChI is InChI=1S/C9H14N4/c1-8-7-13(6-5-10-8)9-11-3-2-4-12-9/h2-4,8,10H,5-7H2,1H3/p+1/t8-/m0/s1. The van der Waals surface area contributed by atoms with E-state index >= 15 is 0 Å². The number of nitrogens with two attached hydrogens (primary N) is 1. The number of anilines is 1. The lowest BCUT2D eigenvalue weighted by Crippen LogP contribution is -2.94. The number of piperazine rings is 1. The van der Waals surface area contributed by atoms with Crippen molar-refractivity contribution in [1.29, 1.82) is 0 Å². The molecular weight excluding hydrogens is 164 g/mol. The molecular formula is C9H15N4+. The molecule has 70 valence electrons. The van der Waals surface area contributed by atoms with Gasteiger partial charge in [0.2, 0.25) is 5.95 Å². The first-order valence-electron chi connectivity index (χ1n) is 4.71. The van der Waals surface area contributed by atoms with Gasteiger partial charge < -0.3 is 10.2 Å². The quantitative estimate of drug-likeness (QED) is 0.617. The van der Waals surface area contributed by atoms with Gasteiger partial charge in [-0.25, -0.2) is 9.97 Å². The first-order chi connectivity index (χ1) is 6.36. The molecule has 4 heteroatoms. The summed E-state index contributed by atoms with van der Waals surface area (Å²) < 4.78 is 0. The summed E-state index contributed by atoms with van der Waals surface area (Å²) in [6.45, 7) is 5.47. The highest BCUT2D eigenvalue weighted by Crippen LogP contribution is 2.05. The molecule has 0 amide bonds. The number of hydrogen-bond donors (Lipinski definition) is 1. The molecule has 0 bridgehead atoms. The summed E-state index contributed by atoms with van der Waals surface area (Å²) >= 11 is 0. The van der Waals surface area contributed by atoms with Crippen LogP contribution in [0.2, 0.25) is 0 Å². The first kappa shape index (κ1) is 8.44. The normalized spacial score (nSPS) is 23.2. The molecule has 0 aromatic carbocycles. The Bertz CT molecular complexity index is 262. The molecule has 0 aliphatic carbocycles. The monoisotopic (exact) mass is 179 g/mol. The highest BCUT2D eigenvalue weighted by molar-refractivity contribution is 5.28. The van der Waals surface area contributed by atoms with Gasteiger partial charge in [0.05, 0.1) is 19.6 Å². The second-order valence-corrected chi connectivity index (χ2v) is 3.50. The number of hydrogen-bond acceptors (Lipinski definition) is 3. The zero-order valence-corrected chi connectivity index (χ0v) is 7.85. The molecule has 1 saturated heterocycles. The lowest BCUT2D eigenvalue weighted by Gasteiger charge is -2.28. The molecule has 1 aromatic rings. The van der Waals surface area contributed by atoms with Crippen LogP contribution in [0.25, 0.3) is 0 Å². The minimum absolute atomic E-state index is 0.651. The topological polar surface area (TPSA) is 45.6 Å². The largest absolute Gasteiger partial charge is 0.341 e. The molecule has 0 radical (unpaired) electrons. The van der Waals surface area contributed by atoms with Crippen LogP contribution in [0.3, 0.4) is 0 Å². The summed E-state index contributed by atoms with van der Waals surface area (Å²) in [5.74, 6) is 0.863. The fourth-order valence-electron chi connectivity index (χ4n) is 1.66. The fraction of sp³-hybridized carbons (Fsp3) is 0.556. The van der Waals surface area contributed by atoms with Crippen molar-refractivity contribution < 1.29 is 5.32 Å². The van der Waals surface area contributed by atoms with Crippen LogP contribution in [0.4, 0.5) is 5.95 Å². The zero-order valence-electron chi connectivity index (χ0n) is 7.85. The van der Waals surface area contributed by atoms with Crippen LogP contribution in [-0.4, -0.2) is 35.6 Å². The Balaban J connectivity index is 2.08. The van der Waals surface area contributed by atoms with E-state index in [0.717, 1.165) is 25.6 Å². The van der Waals surface area contributed by atoms with Gasteiger partial charge in [0.15, 0.2) is 0 Å². The van der Waals surface area contributed by atoms with Crippen molar-refractivity contribution in [3.8, 4) is 0 Å². The Hall–Kier alpha value is -1.16. The van der Waals surface area contributed by atoms with Gasteiger partial charge in [-0.15, -0.1) is 0 Å². The predicted octanol–water partition coefficient (Wildman–Crippen LogP) is -0.751. The Kier molecular flexibility index (Phi) is 2.40. The van der Waals surface area contributed by atoms with E-state index in [1.54, 1.807) is 12.4 Å². The van der Waals surface area contributed by atoms with E-state index in [-0.39, 0.29) is 0 Å². The molecule has 2 heterocycles. The van der Waals surface area contributed by atoms with Gasteiger partial charge in [-0.1, -0.05) is 0 Å². The molecule has 1 atom stereocenters. The molecule has 1 fully saturated rings. The Morgan fingerprint density at radius 1 is 1.46 bits per heavy atom. The van der Waals surface area contributed by atoms with Crippen LogP contribution in [-0.2, 0) is 0 Å². The first-order valence-corrected chi connectivity index (χ1v) is 4.71. The average molecular weight is 179 g/mol. The SMILES string of the molecule is C[C@H]1CN(c2ncccn2)CC[NH2+]1. The van der Waals surface area contributed by atoms with Crippen molar-refractivity contribution in [1.82, 2.24) is 9.97 Å². The third-order valence-electron chi connectivity index (χ3n) is 2.31. The van der Waals surface area contributed by atoms with E-state index in [9.17, 15) is 0 Å². The maximum absolute atomic E-state index is 4.24. The zero-order chi connectivity index (χ0) is 9.10. The molecule has 2 N–H and O–H groups in total. The maximum Gasteiger partial charge on any atom is 0.225 e. The molecule has 0 saturated carbocycles. The number of nitrogens with zero attached hydrogens (tertiary/aromatic N) is 3. The smallest absolute Gasteiger partial charge is 0.225 e. The summed E-state index contributed by atoms with van der Waals surface area (Å²) in [7, 11) is 0. The van der Waals surface area contributed by atoms with E-state index in [0.29, 0.717) is 6.04 Å². The van der Waals surface area contributed by atoms with Crippen LogP contribution < -0.4 is 10.2 Å². The lowest BCUT2D eigenvalue weighted by atomic mass is 10.2. The highest BCUT2D eigenvalue weighted by Gasteiger charge is 2.19. The number of quaternary nitrogens is 1. The molecule has 1 aliphatic rings. The third kappa shape index (κ3) is 1.95. The molecule has 1 aromatic heterocycles. The number of rotatable bonds is 1. The molecule has 1 aliphatic heterocycles. The van der Waals surface area contributed by atoms with Gasteiger partial charge in [0.1, 0.15) is 6.04 Å². The maximum atomic E-state index is 4.24. The van der Waals surface area contributed by atoms with Gasteiger partial charge in [-0.05, 0) is 13.0 Å². The molecule has 4 nitrogen and oxygen atoms in total. The Morgan fingerprint density at radius 2 is 2.23 bits per heavy atom. The van der Waals surface area contributed by atoms with Crippen molar-refractivity contribution in [2.45, 2.75) is 13.0 Å². The Labute approximate surface area is 78.0 Å². The summed E-state index contributed by atoms with van der Waals surface area (Å²) in [4.78, 5) is 10.7. The Morgan fingerprint density at radius 3 is 2.92 bits per heavy atom. The van der Waals surface area contributed by atoms with Crippen LogP contribution in [0.15, 0.2) is 18.5 Å². The lowest BCUT2D eigenvalue weighted by molar-refractivity contribution is -0.687. The molecule has 13 heavy (non-hydrogen) atoms. The summed E-state index contributed by atoms with van der Waals surface area (Å²) in [6.07, 6.45) is 3.59. The van der Waals surface area contributed by atoms with Gasteiger partial charge in [0, 0.05) is 12.4 Å². The summed E-state index contributed by atoms with van der Waals surface area (Å²) in [5, 5.41) is 2.36. The van der Waals surface area contributed by atoms with Crippen molar-refractivity contribution in [3.05, 3.63) is 18.5 Å². The van der Waals surface area contributed by atoms with Crippen LogP contribution in [0.5, 0.6) is 0 Å². The highest BCUT2D eigenvalue weighted by atomic mass is 15.3. The molecule has 0 spiro atoms. The van der Waals surface area contributed by atoms with E-state index in [2.05, 4.69) is 27.1 Å². The minimum atomic E-state index is 0.651. The fourth-order valence-corrected chi connectivity index (χ4v) is 1.66. The van der Waals surface area contributed by atoms with Crippen LogP contribution in [0, 0.1) is 0 Å². The predicted molar refractivity (Wildman–Crippen MR) is 50.5 cm³/mol. The van der Waals surface area contributed by atoms with Gasteiger partial charge in [-0.3, -0.25) is 0 Å². The van der Waals surface area contributed by atoms with Crippen molar-refractivity contribution in [2.75, 3.05) is 24.5 Å².